The molecule has 3 atom stereocenters. The normalized spacial score (nSPS) is 23.4. The fraction of sp³-hybridized carbons (Fsp3) is 0.429. The number of nitrogens with zero attached hydrogens (tertiary/aromatic N) is 5. The van der Waals surface area contributed by atoms with Gasteiger partial charge in [-0.05, 0) is 36.8 Å². The molecule has 5 rings (SSSR count). The van der Waals surface area contributed by atoms with Crippen molar-refractivity contribution in [3.63, 3.8) is 0 Å². The van der Waals surface area contributed by atoms with Gasteiger partial charge in [-0.25, -0.2) is 15.0 Å². The zero-order valence-electron chi connectivity index (χ0n) is 16.6. The predicted octanol–water partition coefficient (Wildman–Crippen LogP) is 2.35. The number of rotatable bonds is 4. The lowest BCUT2D eigenvalue weighted by Gasteiger charge is -2.28. The molecule has 1 amide bonds. The van der Waals surface area contributed by atoms with Crippen molar-refractivity contribution in [1.29, 1.82) is 0 Å². The third-order valence-electron chi connectivity index (χ3n) is 6.38. The number of amides is 1. The molecule has 1 saturated heterocycles. The number of ether oxygens (including phenoxy) is 1. The van der Waals surface area contributed by atoms with Crippen LogP contribution in [-0.2, 0) is 0 Å². The first-order valence-corrected chi connectivity index (χ1v) is 9.95. The second-order valence-electron chi connectivity index (χ2n) is 7.97. The number of hydrogen-bond acceptors (Lipinski definition) is 6. The molecule has 2 fully saturated rings. The summed E-state index contributed by atoms with van der Waals surface area (Å²) in [4.78, 5) is 33.4. The van der Waals surface area contributed by atoms with Gasteiger partial charge in [-0.2, -0.15) is 0 Å². The summed E-state index contributed by atoms with van der Waals surface area (Å²) in [6.07, 6.45) is 5.64. The first-order chi connectivity index (χ1) is 14.1. The Labute approximate surface area is 168 Å². The molecule has 29 heavy (non-hydrogen) atoms. The summed E-state index contributed by atoms with van der Waals surface area (Å²) in [5.41, 5.74) is 1.32. The van der Waals surface area contributed by atoms with Gasteiger partial charge in [0.2, 0.25) is 5.88 Å². The van der Waals surface area contributed by atoms with E-state index in [9.17, 15) is 4.79 Å². The number of aromatic amines is 1. The molecule has 4 heterocycles. The molecule has 1 unspecified atom stereocenters. The fourth-order valence-corrected chi connectivity index (χ4v) is 4.87. The van der Waals surface area contributed by atoms with E-state index in [-0.39, 0.29) is 5.91 Å². The highest BCUT2D eigenvalue weighted by atomic mass is 16.5. The van der Waals surface area contributed by atoms with Crippen molar-refractivity contribution in [3.05, 3.63) is 42.5 Å². The highest BCUT2D eigenvalue weighted by Gasteiger charge is 2.44. The number of hydrogen-bond donors (Lipinski definition) is 1. The molecule has 1 aliphatic carbocycles. The van der Waals surface area contributed by atoms with Gasteiger partial charge >= 0.3 is 0 Å². The monoisotopic (exact) mass is 392 g/mol. The molecule has 150 valence electrons. The second-order valence-corrected chi connectivity index (χ2v) is 7.97. The lowest BCUT2D eigenvalue weighted by atomic mass is 10.0. The number of nitrogens with one attached hydrogen (secondary N) is 1. The number of H-pyrrole nitrogens is 1. The van der Waals surface area contributed by atoms with E-state index in [0.717, 1.165) is 42.8 Å². The quantitative estimate of drug-likeness (QED) is 0.733. The highest BCUT2D eigenvalue weighted by molar-refractivity contribution is 5.92. The Balaban J connectivity index is 1.27. The van der Waals surface area contributed by atoms with Crippen LogP contribution in [-0.4, -0.2) is 64.0 Å². The Bertz CT molecular complexity index is 1040. The predicted molar refractivity (Wildman–Crippen MR) is 109 cm³/mol. The van der Waals surface area contributed by atoms with Crippen molar-refractivity contribution < 1.29 is 9.53 Å². The van der Waals surface area contributed by atoms with Crippen molar-refractivity contribution in [1.82, 2.24) is 24.8 Å². The lowest BCUT2D eigenvalue weighted by molar-refractivity contribution is 0.0773. The van der Waals surface area contributed by atoms with Crippen molar-refractivity contribution >= 4 is 22.8 Å². The minimum absolute atomic E-state index is 0.00645. The number of methoxy groups -OCH3 is 1. The summed E-state index contributed by atoms with van der Waals surface area (Å²) in [6, 6.07) is 7.77. The molecule has 3 aromatic rings. The van der Waals surface area contributed by atoms with Crippen LogP contribution >= 0.6 is 0 Å². The maximum absolute atomic E-state index is 12.9. The number of likely N-dealkylation sites (tertiary alicyclic amines) is 1. The summed E-state index contributed by atoms with van der Waals surface area (Å²) in [5.74, 6) is 2.46. The molecule has 1 aliphatic heterocycles. The van der Waals surface area contributed by atoms with E-state index in [1.807, 2.05) is 23.2 Å². The van der Waals surface area contributed by atoms with Gasteiger partial charge in [-0.1, -0.05) is 6.07 Å². The second kappa shape index (κ2) is 7.02. The summed E-state index contributed by atoms with van der Waals surface area (Å²) < 4.78 is 5.15. The smallest absolute Gasteiger partial charge is 0.272 e. The van der Waals surface area contributed by atoms with E-state index in [4.69, 9.17) is 4.74 Å². The SMILES string of the molecule is COc1cccc(C(=O)N2C[C@H]3CC(N(C)c4ncnc5[nH]ccc45)C[C@H]3C2)n1. The molecule has 2 aliphatic rings. The highest BCUT2D eigenvalue weighted by Crippen LogP contribution is 2.41. The molecule has 1 N–H and O–H groups in total. The van der Waals surface area contributed by atoms with E-state index in [1.165, 1.54) is 0 Å². The Hall–Kier alpha value is -3.16. The Kier molecular flexibility index (Phi) is 4.34. The molecule has 0 spiro atoms. The van der Waals surface area contributed by atoms with Crippen molar-refractivity contribution in [3.8, 4) is 5.88 Å². The van der Waals surface area contributed by atoms with Crippen LogP contribution in [0.25, 0.3) is 11.0 Å². The Morgan fingerprint density at radius 2 is 2.00 bits per heavy atom. The number of aromatic nitrogens is 4. The van der Waals surface area contributed by atoms with Crippen molar-refractivity contribution in [2.75, 3.05) is 32.1 Å². The third kappa shape index (κ3) is 3.08. The van der Waals surface area contributed by atoms with Gasteiger partial charge in [0, 0.05) is 38.4 Å². The number of pyridine rings is 1. The minimum Gasteiger partial charge on any atom is -0.481 e. The minimum atomic E-state index is -0.00645. The largest absolute Gasteiger partial charge is 0.481 e. The van der Waals surface area contributed by atoms with Crippen LogP contribution in [0.15, 0.2) is 36.8 Å². The van der Waals surface area contributed by atoms with Crippen LogP contribution < -0.4 is 9.64 Å². The van der Waals surface area contributed by atoms with Crippen LogP contribution in [0.5, 0.6) is 5.88 Å². The molecule has 3 aromatic heterocycles. The van der Waals surface area contributed by atoms with Gasteiger partial charge < -0.3 is 19.5 Å². The fourth-order valence-electron chi connectivity index (χ4n) is 4.87. The van der Waals surface area contributed by atoms with Crippen LogP contribution in [0.1, 0.15) is 23.3 Å². The summed E-state index contributed by atoms with van der Waals surface area (Å²) in [6.45, 7) is 1.58. The van der Waals surface area contributed by atoms with Gasteiger partial charge in [0.1, 0.15) is 23.5 Å². The molecule has 0 aromatic carbocycles. The molecule has 8 heteroatoms. The van der Waals surface area contributed by atoms with Crippen LogP contribution in [0, 0.1) is 11.8 Å². The zero-order valence-corrected chi connectivity index (χ0v) is 16.6. The van der Waals surface area contributed by atoms with Gasteiger partial charge in [0.05, 0.1) is 12.5 Å². The van der Waals surface area contributed by atoms with E-state index in [2.05, 4.69) is 31.9 Å². The van der Waals surface area contributed by atoms with Crippen LogP contribution in [0.4, 0.5) is 5.82 Å². The van der Waals surface area contributed by atoms with E-state index >= 15 is 0 Å². The van der Waals surface area contributed by atoms with Crippen molar-refractivity contribution in [2.45, 2.75) is 18.9 Å². The van der Waals surface area contributed by atoms with Gasteiger partial charge in [-0.15, -0.1) is 0 Å². The van der Waals surface area contributed by atoms with Crippen LogP contribution in [0.2, 0.25) is 0 Å². The van der Waals surface area contributed by atoms with E-state index < -0.39 is 0 Å². The number of fused-ring (bicyclic) bond motifs is 2. The van der Waals surface area contributed by atoms with E-state index in [0.29, 0.717) is 29.5 Å². The molecule has 1 saturated carbocycles. The first-order valence-electron chi connectivity index (χ1n) is 9.95. The maximum Gasteiger partial charge on any atom is 0.272 e. The zero-order chi connectivity index (χ0) is 20.0. The number of anilines is 1. The molecule has 0 bridgehead atoms. The molecule has 0 radical (unpaired) electrons. The molecular formula is C21H24N6O2. The summed E-state index contributed by atoms with van der Waals surface area (Å²) >= 11 is 0. The number of carbonyl (C=O) groups is 1. The maximum atomic E-state index is 12.9. The summed E-state index contributed by atoms with van der Waals surface area (Å²) in [7, 11) is 3.68. The van der Waals surface area contributed by atoms with Gasteiger partial charge in [0.15, 0.2) is 0 Å². The first kappa shape index (κ1) is 17.9. The van der Waals surface area contributed by atoms with Gasteiger partial charge in [-0.3, -0.25) is 4.79 Å². The third-order valence-corrected chi connectivity index (χ3v) is 6.38. The van der Waals surface area contributed by atoms with Gasteiger partial charge in [0.25, 0.3) is 5.91 Å². The standard InChI is InChI=1S/C21H24N6O2/c1-26(20-16-6-7-22-19(16)23-12-24-20)15-8-13-10-27(11-14(13)9-15)21(28)17-4-3-5-18(25-17)29-2/h3-7,12-15H,8-11H2,1-2H3,(H,22,23,24)/t13-,14+,15?. The van der Waals surface area contributed by atoms with E-state index in [1.54, 1.807) is 25.6 Å². The average molecular weight is 392 g/mol. The van der Waals surface area contributed by atoms with Crippen molar-refractivity contribution in [2.24, 2.45) is 11.8 Å². The topological polar surface area (TPSA) is 87.2 Å². The Morgan fingerprint density at radius 1 is 1.21 bits per heavy atom. The Morgan fingerprint density at radius 3 is 2.76 bits per heavy atom. The number of carbonyl (C=O) groups excluding carboxylic acids is 1. The molecular weight excluding hydrogens is 368 g/mol. The molecule has 8 nitrogen and oxygen atoms in total. The average Bonchev–Trinajstić information content (AvgIpc) is 3.46. The summed E-state index contributed by atoms with van der Waals surface area (Å²) in [5, 5.41) is 1.05. The van der Waals surface area contributed by atoms with Crippen LogP contribution in [0.3, 0.4) is 0 Å². The lowest BCUT2D eigenvalue weighted by Crippen LogP contribution is -2.34.